The molecule has 104 valence electrons. The Morgan fingerprint density at radius 3 is 1.44 bits per heavy atom. The van der Waals surface area contributed by atoms with E-state index in [1.54, 1.807) is 0 Å². The zero-order chi connectivity index (χ0) is 12.2. The molecule has 4 nitrogen and oxygen atoms in total. The van der Waals surface area contributed by atoms with Gasteiger partial charge < -0.3 is 18.9 Å². The standard InChI is InChI=1S/C14H24O4/c1-3-11(15-7-13-9-17-13)5-2-6-12(4-1)16-8-14-10-18-14/h11-14H,1-10H2. The lowest BCUT2D eigenvalue weighted by atomic mass is 9.96. The van der Waals surface area contributed by atoms with Gasteiger partial charge in [-0.2, -0.15) is 0 Å². The molecule has 3 fully saturated rings. The Kier molecular flexibility index (Phi) is 4.52. The summed E-state index contributed by atoms with van der Waals surface area (Å²) in [5.41, 5.74) is 0. The van der Waals surface area contributed by atoms with Crippen molar-refractivity contribution in [2.24, 2.45) is 0 Å². The molecule has 2 atom stereocenters. The molecule has 0 aromatic rings. The summed E-state index contributed by atoms with van der Waals surface area (Å²) in [5, 5.41) is 0. The van der Waals surface area contributed by atoms with Crippen LogP contribution in [-0.4, -0.2) is 50.8 Å². The van der Waals surface area contributed by atoms with Crippen LogP contribution in [0, 0.1) is 0 Å². The van der Waals surface area contributed by atoms with Crippen LogP contribution in [0.25, 0.3) is 0 Å². The van der Waals surface area contributed by atoms with Gasteiger partial charge in [-0.1, -0.05) is 0 Å². The maximum atomic E-state index is 5.90. The van der Waals surface area contributed by atoms with Gasteiger partial charge >= 0.3 is 0 Å². The van der Waals surface area contributed by atoms with Crippen molar-refractivity contribution >= 4 is 0 Å². The quantitative estimate of drug-likeness (QED) is 0.681. The summed E-state index contributed by atoms with van der Waals surface area (Å²) in [4.78, 5) is 0. The number of hydrogen-bond acceptors (Lipinski definition) is 4. The summed E-state index contributed by atoms with van der Waals surface area (Å²) in [7, 11) is 0. The molecule has 0 aromatic heterocycles. The predicted octanol–water partition coefficient (Wildman–Crippen LogP) is 1.91. The molecule has 0 aromatic carbocycles. The van der Waals surface area contributed by atoms with Crippen LogP contribution in [0.3, 0.4) is 0 Å². The minimum Gasteiger partial charge on any atom is -0.375 e. The van der Waals surface area contributed by atoms with E-state index in [-0.39, 0.29) is 0 Å². The second kappa shape index (κ2) is 6.33. The summed E-state index contributed by atoms with van der Waals surface area (Å²) in [6, 6.07) is 0. The fourth-order valence-corrected chi connectivity index (χ4v) is 2.58. The molecular formula is C14H24O4. The Hall–Kier alpha value is -0.160. The van der Waals surface area contributed by atoms with E-state index in [9.17, 15) is 0 Å². The van der Waals surface area contributed by atoms with Gasteiger partial charge in [-0.05, 0) is 38.5 Å². The summed E-state index contributed by atoms with van der Waals surface area (Å²) in [5.74, 6) is 0. The molecule has 2 saturated heterocycles. The van der Waals surface area contributed by atoms with Crippen molar-refractivity contribution in [3.05, 3.63) is 0 Å². The average Bonchev–Trinajstić information content (AvgIpc) is 3.22. The lowest BCUT2D eigenvalue weighted by Gasteiger charge is -2.24. The Morgan fingerprint density at radius 1 is 0.722 bits per heavy atom. The molecule has 1 aliphatic carbocycles. The minimum absolute atomic E-state index is 0.394. The highest BCUT2D eigenvalue weighted by Gasteiger charge is 2.26. The van der Waals surface area contributed by atoms with Crippen LogP contribution in [0.4, 0.5) is 0 Å². The van der Waals surface area contributed by atoms with Crippen LogP contribution in [0.5, 0.6) is 0 Å². The molecule has 1 saturated carbocycles. The maximum absolute atomic E-state index is 5.90. The van der Waals surface area contributed by atoms with Crippen LogP contribution in [0.15, 0.2) is 0 Å². The van der Waals surface area contributed by atoms with Crippen LogP contribution in [0.2, 0.25) is 0 Å². The first-order valence-corrected chi connectivity index (χ1v) is 7.36. The zero-order valence-corrected chi connectivity index (χ0v) is 11.0. The van der Waals surface area contributed by atoms with Crippen molar-refractivity contribution in [2.75, 3.05) is 26.4 Å². The van der Waals surface area contributed by atoms with Crippen molar-refractivity contribution < 1.29 is 18.9 Å². The molecule has 0 N–H and O–H groups in total. The monoisotopic (exact) mass is 256 g/mol. The third-order valence-electron chi connectivity index (χ3n) is 3.94. The van der Waals surface area contributed by atoms with E-state index in [4.69, 9.17) is 18.9 Å². The van der Waals surface area contributed by atoms with Gasteiger partial charge in [0, 0.05) is 0 Å². The fraction of sp³-hybridized carbons (Fsp3) is 1.00. The second-order valence-corrected chi connectivity index (χ2v) is 5.68. The van der Waals surface area contributed by atoms with Crippen molar-refractivity contribution in [1.82, 2.24) is 0 Å². The molecule has 2 unspecified atom stereocenters. The Balaban J connectivity index is 1.31. The first-order valence-electron chi connectivity index (χ1n) is 7.36. The molecule has 0 amide bonds. The smallest absolute Gasteiger partial charge is 0.104 e. The average molecular weight is 256 g/mol. The predicted molar refractivity (Wildman–Crippen MR) is 66.7 cm³/mol. The molecule has 2 heterocycles. The molecule has 0 spiro atoms. The van der Waals surface area contributed by atoms with E-state index < -0.39 is 0 Å². The van der Waals surface area contributed by atoms with Gasteiger partial charge in [0.05, 0.1) is 38.6 Å². The summed E-state index contributed by atoms with van der Waals surface area (Å²) in [6.07, 6.45) is 8.80. The van der Waals surface area contributed by atoms with Gasteiger partial charge in [-0.3, -0.25) is 0 Å². The van der Waals surface area contributed by atoms with Crippen LogP contribution >= 0.6 is 0 Å². The first kappa shape index (κ1) is 12.9. The highest BCUT2D eigenvalue weighted by molar-refractivity contribution is 4.74. The molecule has 3 aliphatic rings. The number of ether oxygens (including phenoxy) is 4. The van der Waals surface area contributed by atoms with Gasteiger partial charge in [-0.25, -0.2) is 0 Å². The largest absolute Gasteiger partial charge is 0.375 e. The zero-order valence-electron chi connectivity index (χ0n) is 11.0. The Morgan fingerprint density at radius 2 is 1.11 bits per heavy atom. The first-order chi connectivity index (χ1) is 8.90. The van der Waals surface area contributed by atoms with Crippen LogP contribution < -0.4 is 0 Å². The summed E-state index contributed by atoms with van der Waals surface area (Å²) < 4.78 is 22.2. The minimum atomic E-state index is 0.394. The third kappa shape index (κ3) is 4.50. The van der Waals surface area contributed by atoms with E-state index in [0.717, 1.165) is 26.4 Å². The number of epoxide rings is 2. The Bertz CT molecular complexity index is 216. The Labute approximate surface area is 109 Å². The highest BCUT2D eigenvalue weighted by atomic mass is 16.6. The lowest BCUT2D eigenvalue weighted by molar-refractivity contribution is -0.00464. The van der Waals surface area contributed by atoms with E-state index in [2.05, 4.69) is 0 Å². The van der Waals surface area contributed by atoms with E-state index in [0.29, 0.717) is 24.4 Å². The van der Waals surface area contributed by atoms with E-state index in [1.165, 1.54) is 38.5 Å². The van der Waals surface area contributed by atoms with Gasteiger partial charge in [0.2, 0.25) is 0 Å². The molecular weight excluding hydrogens is 232 g/mol. The number of hydrogen-bond donors (Lipinski definition) is 0. The molecule has 2 aliphatic heterocycles. The van der Waals surface area contributed by atoms with E-state index in [1.807, 2.05) is 0 Å². The molecule has 18 heavy (non-hydrogen) atoms. The van der Waals surface area contributed by atoms with Gasteiger partial charge in [0.25, 0.3) is 0 Å². The fourth-order valence-electron chi connectivity index (χ4n) is 2.58. The van der Waals surface area contributed by atoms with E-state index >= 15 is 0 Å². The maximum Gasteiger partial charge on any atom is 0.104 e. The summed E-state index contributed by atoms with van der Waals surface area (Å²) >= 11 is 0. The summed E-state index contributed by atoms with van der Waals surface area (Å²) in [6.45, 7) is 3.38. The van der Waals surface area contributed by atoms with Crippen molar-refractivity contribution in [3.8, 4) is 0 Å². The van der Waals surface area contributed by atoms with Crippen molar-refractivity contribution in [2.45, 2.75) is 62.9 Å². The van der Waals surface area contributed by atoms with Gasteiger partial charge in [0.15, 0.2) is 0 Å². The van der Waals surface area contributed by atoms with Crippen molar-refractivity contribution in [3.63, 3.8) is 0 Å². The van der Waals surface area contributed by atoms with Crippen LogP contribution in [0.1, 0.15) is 38.5 Å². The van der Waals surface area contributed by atoms with Crippen LogP contribution in [-0.2, 0) is 18.9 Å². The topological polar surface area (TPSA) is 43.5 Å². The molecule has 3 rings (SSSR count). The SMILES string of the molecule is C1CC(OCC2CO2)CCCC(OCC2CO2)C1. The number of rotatable bonds is 6. The molecule has 4 heteroatoms. The lowest BCUT2D eigenvalue weighted by Crippen LogP contribution is -2.23. The molecule has 0 bridgehead atoms. The molecule has 0 radical (unpaired) electrons. The second-order valence-electron chi connectivity index (χ2n) is 5.68. The van der Waals surface area contributed by atoms with Gasteiger partial charge in [0.1, 0.15) is 12.2 Å². The normalized spacial score (nSPS) is 40.0. The highest BCUT2D eigenvalue weighted by Crippen LogP contribution is 2.24. The third-order valence-corrected chi connectivity index (χ3v) is 3.94. The van der Waals surface area contributed by atoms with Gasteiger partial charge in [-0.15, -0.1) is 0 Å². The van der Waals surface area contributed by atoms with Crippen molar-refractivity contribution in [1.29, 1.82) is 0 Å².